The molecule has 2 N–H and O–H groups in total. The number of aliphatic hydroxyl groups excluding tert-OH is 1. The molecule has 0 radical (unpaired) electrons. The monoisotopic (exact) mass is 211 g/mol. The van der Waals surface area contributed by atoms with Gasteiger partial charge in [-0.25, -0.2) is 0 Å². The number of hydrogen-bond donors (Lipinski definition) is 2. The Kier molecular flexibility index (Phi) is 2.44. The Bertz CT molecular complexity index is 261. The molecule has 2 fully saturated rings. The van der Waals surface area contributed by atoms with Crippen molar-refractivity contribution in [3.63, 3.8) is 0 Å². The van der Waals surface area contributed by atoms with Gasteiger partial charge in [-0.05, 0) is 24.2 Å². The Morgan fingerprint density at radius 3 is 2.27 bits per heavy atom. The van der Waals surface area contributed by atoms with Gasteiger partial charge in [-0.15, -0.1) is 0 Å². The third-order valence-corrected chi connectivity index (χ3v) is 5.33. The summed E-state index contributed by atoms with van der Waals surface area (Å²) in [5.74, 6) is 0.639. The van der Waals surface area contributed by atoms with Gasteiger partial charge in [0.1, 0.15) is 0 Å². The molecule has 4 unspecified atom stereocenters. The van der Waals surface area contributed by atoms with Gasteiger partial charge in [-0.2, -0.15) is 0 Å². The molecule has 2 aliphatic carbocycles. The van der Waals surface area contributed by atoms with Crippen molar-refractivity contribution in [1.29, 1.82) is 0 Å². The highest BCUT2D eigenvalue weighted by Crippen LogP contribution is 2.65. The maximum atomic E-state index is 10.5. The van der Waals surface area contributed by atoms with Crippen LogP contribution in [0.25, 0.3) is 0 Å². The second-order valence-electron chi connectivity index (χ2n) is 6.58. The van der Waals surface area contributed by atoms with Crippen LogP contribution in [0, 0.1) is 16.7 Å². The molecule has 2 bridgehead atoms. The highest BCUT2D eigenvalue weighted by molar-refractivity contribution is 5.17. The molecule has 0 amide bonds. The standard InChI is InChI=1S/C13H25NO/c1-8(2)14-10-9-6-7-13(5,11(10)15)12(9,3)4/h8-11,14-15H,6-7H2,1-5H3. The molecule has 2 rings (SSSR count). The van der Waals surface area contributed by atoms with E-state index >= 15 is 0 Å². The molecule has 2 aliphatic rings. The fraction of sp³-hybridized carbons (Fsp3) is 1.00. The van der Waals surface area contributed by atoms with E-state index in [1.54, 1.807) is 0 Å². The minimum Gasteiger partial charge on any atom is -0.391 e. The molecule has 0 saturated heterocycles. The van der Waals surface area contributed by atoms with Crippen LogP contribution < -0.4 is 5.32 Å². The zero-order valence-electron chi connectivity index (χ0n) is 10.7. The van der Waals surface area contributed by atoms with Gasteiger partial charge in [0.25, 0.3) is 0 Å². The summed E-state index contributed by atoms with van der Waals surface area (Å²) < 4.78 is 0. The maximum absolute atomic E-state index is 10.5. The van der Waals surface area contributed by atoms with E-state index in [0.29, 0.717) is 18.0 Å². The van der Waals surface area contributed by atoms with Gasteiger partial charge in [0.2, 0.25) is 0 Å². The predicted molar refractivity (Wildman–Crippen MR) is 62.7 cm³/mol. The summed E-state index contributed by atoms with van der Waals surface area (Å²) >= 11 is 0. The molecule has 0 heterocycles. The molecule has 15 heavy (non-hydrogen) atoms. The van der Waals surface area contributed by atoms with Gasteiger partial charge in [-0.1, -0.05) is 34.6 Å². The Labute approximate surface area is 93.5 Å². The van der Waals surface area contributed by atoms with E-state index in [1.165, 1.54) is 12.8 Å². The molecule has 0 aromatic carbocycles. The van der Waals surface area contributed by atoms with E-state index in [9.17, 15) is 5.11 Å². The lowest BCUT2D eigenvalue weighted by atomic mass is 9.70. The van der Waals surface area contributed by atoms with Crippen LogP contribution in [0.3, 0.4) is 0 Å². The highest BCUT2D eigenvalue weighted by atomic mass is 16.3. The molecule has 0 spiro atoms. The molecule has 2 saturated carbocycles. The van der Waals surface area contributed by atoms with Crippen LogP contribution in [-0.4, -0.2) is 23.3 Å². The van der Waals surface area contributed by atoms with Crippen LogP contribution in [-0.2, 0) is 0 Å². The van der Waals surface area contributed by atoms with Crippen molar-refractivity contribution in [1.82, 2.24) is 5.32 Å². The molecule has 0 aromatic heterocycles. The summed E-state index contributed by atoms with van der Waals surface area (Å²) in [7, 11) is 0. The van der Waals surface area contributed by atoms with Gasteiger partial charge >= 0.3 is 0 Å². The van der Waals surface area contributed by atoms with Crippen molar-refractivity contribution in [2.45, 2.75) is 65.6 Å². The van der Waals surface area contributed by atoms with Crippen molar-refractivity contribution in [3.05, 3.63) is 0 Å². The summed E-state index contributed by atoms with van der Waals surface area (Å²) in [6.07, 6.45) is 2.28. The lowest BCUT2D eigenvalue weighted by molar-refractivity contribution is -0.00113. The van der Waals surface area contributed by atoms with E-state index in [-0.39, 0.29) is 16.9 Å². The summed E-state index contributed by atoms with van der Waals surface area (Å²) in [4.78, 5) is 0. The fourth-order valence-electron chi connectivity index (χ4n) is 3.93. The van der Waals surface area contributed by atoms with E-state index in [4.69, 9.17) is 0 Å². The number of aliphatic hydroxyl groups is 1. The summed E-state index contributed by atoms with van der Waals surface area (Å²) in [5.41, 5.74) is 0.392. The maximum Gasteiger partial charge on any atom is 0.0754 e. The number of nitrogens with one attached hydrogen (secondary N) is 1. The first-order valence-corrected chi connectivity index (χ1v) is 6.25. The average molecular weight is 211 g/mol. The molecule has 0 aliphatic heterocycles. The fourth-order valence-corrected chi connectivity index (χ4v) is 3.93. The van der Waals surface area contributed by atoms with Crippen molar-refractivity contribution in [2.75, 3.05) is 0 Å². The van der Waals surface area contributed by atoms with Crippen LogP contribution >= 0.6 is 0 Å². The molecule has 88 valence electrons. The van der Waals surface area contributed by atoms with E-state index < -0.39 is 0 Å². The Morgan fingerprint density at radius 1 is 1.27 bits per heavy atom. The number of fused-ring (bicyclic) bond motifs is 2. The summed E-state index contributed by atoms with van der Waals surface area (Å²) in [6, 6.07) is 0.766. The first-order chi connectivity index (χ1) is 6.80. The summed E-state index contributed by atoms with van der Waals surface area (Å²) in [5, 5.41) is 14.0. The van der Waals surface area contributed by atoms with Crippen LogP contribution in [0.15, 0.2) is 0 Å². The van der Waals surface area contributed by atoms with E-state index in [1.807, 2.05) is 0 Å². The van der Waals surface area contributed by atoms with Gasteiger partial charge in [-0.3, -0.25) is 0 Å². The van der Waals surface area contributed by atoms with Crippen molar-refractivity contribution >= 4 is 0 Å². The second kappa shape index (κ2) is 3.21. The topological polar surface area (TPSA) is 32.3 Å². The smallest absolute Gasteiger partial charge is 0.0754 e. The van der Waals surface area contributed by atoms with Crippen molar-refractivity contribution in [2.24, 2.45) is 16.7 Å². The quantitative estimate of drug-likeness (QED) is 0.733. The normalized spacial score (nSPS) is 47.8. The molecule has 2 heteroatoms. The molecular formula is C13H25NO. The number of rotatable bonds is 2. The van der Waals surface area contributed by atoms with Crippen LogP contribution in [0.4, 0.5) is 0 Å². The third-order valence-electron chi connectivity index (χ3n) is 5.33. The Hall–Kier alpha value is -0.0800. The number of hydrogen-bond acceptors (Lipinski definition) is 2. The van der Waals surface area contributed by atoms with Crippen molar-refractivity contribution < 1.29 is 5.11 Å². The highest BCUT2D eigenvalue weighted by Gasteiger charge is 2.65. The lowest BCUT2D eigenvalue weighted by Crippen LogP contribution is -2.49. The second-order valence-corrected chi connectivity index (χ2v) is 6.58. The lowest BCUT2D eigenvalue weighted by Gasteiger charge is -2.37. The van der Waals surface area contributed by atoms with E-state index in [0.717, 1.165) is 0 Å². The molecule has 4 atom stereocenters. The van der Waals surface area contributed by atoms with Crippen LogP contribution in [0.1, 0.15) is 47.5 Å². The Morgan fingerprint density at radius 2 is 1.87 bits per heavy atom. The molecule has 2 nitrogen and oxygen atoms in total. The van der Waals surface area contributed by atoms with Gasteiger partial charge in [0, 0.05) is 17.5 Å². The van der Waals surface area contributed by atoms with E-state index in [2.05, 4.69) is 39.9 Å². The molecule has 0 aromatic rings. The average Bonchev–Trinajstić information content (AvgIpc) is 2.40. The minimum atomic E-state index is -0.173. The summed E-state index contributed by atoms with van der Waals surface area (Å²) in [6.45, 7) is 11.2. The first-order valence-electron chi connectivity index (χ1n) is 6.25. The molecular weight excluding hydrogens is 186 g/mol. The van der Waals surface area contributed by atoms with Crippen LogP contribution in [0.5, 0.6) is 0 Å². The van der Waals surface area contributed by atoms with Gasteiger partial charge in [0.05, 0.1) is 6.10 Å². The zero-order valence-corrected chi connectivity index (χ0v) is 10.7. The third kappa shape index (κ3) is 1.31. The van der Waals surface area contributed by atoms with Gasteiger partial charge in [0.15, 0.2) is 0 Å². The zero-order chi connectivity index (χ0) is 11.4. The Balaban J connectivity index is 2.26. The first kappa shape index (κ1) is 11.4. The largest absolute Gasteiger partial charge is 0.391 e. The van der Waals surface area contributed by atoms with Gasteiger partial charge < -0.3 is 10.4 Å². The minimum absolute atomic E-state index is 0.115. The predicted octanol–water partition coefficient (Wildman–Crippen LogP) is 2.17. The SMILES string of the molecule is CC(C)NC1C2CCC(C)(C1O)C2(C)C. The van der Waals surface area contributed by atoms with Crippen molar-refractivity contribution in [3.8, 4) is 0 Å². The van der Waals surface area contributed by atoms with Crippen LogP contribution in [0.2, 0.25) is 0 Å².